The minimum atomic E-state index is -3.94. The maximum Gasteiger partial charge on any atom is 0.330 e. The molecule has 0 saturated carbocycles. The second-order valence-electron chi connectivity index (χ2n) is 9.87. The van der Waals surface area contributed by atoms with E-state index in [1.54, 1.807) is 0 Å². The van der Waals surface area contributed by atoms with E-state index < -0.39 is 33.4 Å². The third-order valence-electron chi connectivity index (χ3n) is 7.42. The molecule has 2 bridgehead atoms. The molecule has 3 aliphatic heterocycles. The fourth-order valence-electron chi connectivity index (χ4n) is 5.29. The molecule has 4 rings (SSSR count). The molecule has 3 atom stereocenters. The normalized spacial score (nSPS) is 24.6. The van der Waals surface area contributed by atoms with Crippen LogP contribution in [0.2, 0.25) is 0 Å². The van der Waals surface area contributed by atoms with Gasteiger partial charge in [-0.25, -0.2) is 14.3 Å². The van der Waals surface area contributed by atoms with Crippen molar-refractivity contribution in [2.45, 2.75) is 50.7 Å². The molecule has 0 radical (unpaired) electrons. The Morgan fingerprint density at radius 3 is 2.44 bits per heavy atom. The Morgan fingerprint density at radius 1 is 1.08 bits per heavy atom. The Hall–Kier alpha value is -2.71. The van der Waals surface area contributed by atoms with E-state index in [9.17, 15) is 27.6 Å². The van der Waals surface area contributed by atoms with Gasteiger partial charge in [-0.05, 0) is 44.4 Å². The number of urea groups is 1. The topological polar surface area (TPSA) is 161 Å². The molecule has 200 valence electrons. The van der Waals surface area contributed by atoms with Crippen LogP contribution in [0.1, 0.15) is 48.9 Å². The van der Waals surface area contributed by atoms with Gasteiger partial charge in [-0.1, -0.05) is 0 Å². The summed E-state index contributed by atoms with van der Waals surface area (Å²) >= 11 is 0. The fraction of sp³-hybridized carbons (Fsp3) is 0.727. The predicted molar refractivity (Wildman–Crippen MR) is 130 cm³/mol. The standard InChI is InChI=1S/C22H34N6O7S/c1-26-13-17(20(30)27(2)22(26)32)19(29)23-8-5-14-6-9-28(10-7-14)36(33,34)25-21(31)24-12-15-11-16-3-4-18(15)35-16/h13-16,18H,3-12H2,1-2H3,(H,23,29)(H2,24,25,31). The van der Waals surface area contributed by atoms with Gasteiger partial charge >= 0.3 is 21.9 Å². The minimum Gasteiger partial charge on any atom is -0.375 e. The summed E-state index contributed by atoms with van der Waals surface area (Å²) in [5.41, 5.74) is -1.28. The smallest absolute Gasteiger partial charge is 0.330 e. The molecule has 3 saturated heterocycles. The Labute approximate surface area is 209 Å². The Balaban J connectivity index is 1.17. The lowest BCUT2D eigenvalue weighted by Crippen LogP contribution is -2.50. The van der Waals surface area contributed by atoms with Crippen molar-refractivity contribution in [2.75, 3.05) is 26.2 Å². The Bertz CT molecular complexity index is 1220. The summed E-state index contributed by atoms with van der Waals surface area (Å²) < 4.78 is 36.4. The van der Waals surface area contributed by atoms with Gasteiger partial charge in [0, 0.05) is 52.4 Å². The van der Waals surface area contributed by atoms with Crippen LogP contribution in [-0.2, 0) is 29.0 Å². The molecule has 36 heavy (non-hydrogen) atoms. The molecule has 1 aromatic heterocycles. The first-order valence-corrected chi connectivity index (χ1v) is 13.7. The largest absolute Gasteiger partial charge is 0.375 e. The van der Waals surface area contributed by atoms with E-state index >= 15 is 0 Å². The van der Waals surface area contributed by atoms with Gasteiger partial charge in [-0.15, -0.1) is 0 Å². The number of fused-ring (bicyclic) bond motifs is 2. The number of carbonyl (C=O) groups is 2. The number of hydrogen-bond donors (Lipinski definition) is 3. The Kier molecular flexibility index (Phi) is 7.85. The molecule has 0 aromatic carbocycles. The number of aryl methyl sites for hydroxylation is 1. The van der Waals surface area contributed by atoms with Crippen molar-refractivity contribution >= 4 is 22.1 Å². The number of amides is 3. The van der Waals surface area contributed by atoms with E-state index in [-0.39, 0.29) is 42.7 Å². The van der Waals surface area contributed by atoms with Crippen LogP contribution in [0, 0.1) is 11.8 Å². The zero-order valence-electron chi connectivity index (χ0n) is 20.6. The number of aromatic nitrogens is 2. The summed E-state index contributed by atoms with van der Waals surface area (Å²) in [6.45, 7) is 1.24. The van der Waals surface area contributed by atoms with Crippen molar-refractivity contribution in [2.24, 2.45) is 25.9 Å². The first-order chi connectivity index (χ1) is 17.0. The van der Waals surface area contributed by atoms with Gasteiger partial charge in [0.2, 0.25) is 0 Å². The lowest BCUT2D eigenvalue weighted by Gasteiger charge is -2.31. The van der Waals surface area contributed by atoms with Gasteiger partial charge in [0.15, 0.2) is 0 Å². The van der Waals surface area contributed by atoms with Crippen molar-refractivity contribution in [1.82, 2.24) is 28.8 Å². The fourth-order valence-corrected chi connectivity index (χ4v) is 6.41. The van der Waals surface area contributed by atoms with Gasteiger partial charge in [0.05, 0.1) is 12.2 Å². The van der Waals surface area contributed by atoms with Crippen molar-refractivity contribution in [1.29, 1.82) is 0 Å². The summed E-state index contributed by atoms with van der Waals surface area (Å²) in [5.74, 6) is -0.143. The first kappa shape index (κ1) is 26.4. The molecule has 3 fully saturated rings. The number of ether oxygens (including phenoxy) is 1. The molecule has 3 N–H and O–H groups in total. The number of rotatable bonds is 8. The van der Waals surface area contributed by atoms with Gasteiger partial charge < -0.3 is 19.9 Å². The summed E-state index contributed by atoms with van der Waals surface area (Å²) in [4.78, 5) is 48.5. The average Bonchev–Trinajstić information content (AvgIpc) is 3.47. The highest BCUT2D eigenvalue weighted by Gasteiger charge is 2.40. The van der Waals surface area contributed by atoms with Gasteiger partial charge in [0.25, 0.3) is 11.5 Å². The third-order valence-corrected chi connectivity index (χ3v) is 8.91. The van der Waals surface area contributed by atoms with E-state index in [1.807, 2.05) is 0 Å². The molecule has 3 amide bonds. The second-order valence-corrected chi connectivity index (χ2v) is 11.5. The van der Waals surface area contributed by atoms with Crippen LogP contribution in [0.15, 0.2) is 15.8 Å². The summed E-state index contributed by atoms with van der Waals surface area (Å²) in [7, 11) is -1.16. The lowest BCUT2D eigenvalue weighted by molar-refractivity contribution is 0.0927. The van der Waals surface area contributed by atoms with Gasteiger partial charge in [0.1, 0.15) is 5.56 Å². The summed E-state index contributed by atoms with van der Waals surface area (Å²) in [6, 6.07) is -0.729. The van der Waals surface area contributed by atoms with Crippen LogP contribution in [0.3, 0.4) is 0 Å². The molecule has 13 nitrogen and oxygen atoms in total. The molecule has 3 unspecified atom stereocenters. The first-order valence-electron chi connectivity index (χ1n) is 12.3. The predicted octanol–water partition coefficient (Wildman–Crippen LogP) is -0.973. The zero-order chi connectivity index (χ0) is 26.0. The van der Waals surface area contributed by atoms with E-state index in [0.717, 1.165) is 23.8 Å². The number of nitrogens with zero attached hydrogens (tertiary/aromatic N) is 3. The monoisotopic (exact) mass is 526 g/mol. The minimum absolute atomic E-state index is 0.113. The van der Waals surface area contributed by atoms with Crippen molar-refractivity contribution in [3.63, 3.8) is 0 Å². The van der Waals surface area contributed by atoms with Crippen LogP contribution in [0.4, 0.5) is 4.79 Å². The van der Waals surface area contributed by atoms with Crippen LogP contribution in [-0.4, -0.2) is 72.2 Å². The SMILES string of the molecule is Cn1cc(C(=O)NCCC2CCN(S(=O)(=O)NC(=O)NCC3CC4CCC3O4)CC2)c(=O)n(C)c1=O. The quantitative estimate of drug-likeness (QED) is 0.393. The molecule has 1 aromatic rings. The van der Waals surface area contributed by atoms with Crippen LogP contribution < -0.4 is 26.6 Å². The number of hydrogen-bond acceptors (Lipinski definition) is 7. The molecular weight excluding hydrogens is 492 g/mol. The molecule has 0 spiro atoms. The number of carbonyl (C=O) groups excluding carboxylic acids is 2. The van der Waals surface area contributed by atoms with Gasteiger partial charge in [-0.3, -0.25) is 14.2 Å². The third kappa shape index (κ3) is 5.81. The van der Waals surface area contributed by atoms with E-state index in [4.69, 9.17) is 4.74 Å². The number of nitrogens with one attached hydrogen (secondary N) is 3. The van der Waals surface area contributed by atoms with E-state index in [2.05, 4.69) is 15.4 Å². The average molecular weight is 527 g/mol. The molecule has 14 heteroatoms. The molecular formula is C22H34N6O7S. The van der Waals surface area contributed by atoms with Gasteiger partial charge in [-0.2, -0.15) is 12.7 Å². The molecule has 4 heterocycles. The molecule has 3 aliphatic rings. The maximum atomic E-state index is 12.6. The molecule has 0 aliphatic carbocycles. The number of piperidine rings is 1. The highest BCUT2D eigenvalue weighted by Crippen LogP contribution is 2.38. The summed E-state index contributed by atoms with van der Waals surface area (Å²) in [6.07, 6.45) is 6.37. The van der Waals surface area contributed by atoms with Crippen molar-refractivity contribution in [3.05, 3.63) is 32.6 Å². The van der Waals surface area contributed by atoms with Crippen molar-refractivity contribution < 1.29 is 22.7 Å². The van der Waals surface area contributed by atoms with Crippen LogP contribution in [0.5, 0.6) is 0 Å². The highest BCUT2D eigenvalue weighted by atomic mass is 32.2. The summed E-state index contributed by atoms with van der Waals surface area (Å²) in [5, 5.41) is 5.36. The van der Waals surface area contributed by atoms with E-state index in [0.29, 0.717) is 32.4 Å². The van der Waals surface area contributed by atoms with Crippen LogP contribution >= 0.6 is 0 Å². The highest BCUT2D eigenvalue weighted by molar-refractivity contribution is 7.87. The Morgan fingerprint density at radius 2 is 1.81 bits per heavy atom. The second kappa shape index (κ2) is 10.7. The zero-order valence-corrected chi connectivity index (χ0v) is 21.4. The maximum absolute atomic E-state index is 12.6. The lowest BCUT2D eigenvalue weighted by atomic mass is 9.89. The van der Waals surface area contributed by atoms with Crippen molar-refractivity contribution in [3.8, 4) is 0 Å². The van der Waals surface area contributed by atoms with E-state index in [1.165, 1.54) is 29.2 Å². The van der Waals surface area contributed by atoms with Crippen LogP contribution in [0.25, 0.3) is 0 Å².